The Labute approximate surface area is 174 Å². The molecule has 1 saturated heterocycles. The Morgan fingerprint density at radius 1 is 1.10 bits per heavy atom. The third kappa shape index (κ3) is 5.16. The van der Waals surface area contributed by atoms with Gasteiger partial charge in [-0.2, -0.15) is 11.8 Å². The van der Waals surface area contributed by atoms with Gasteiger partial charge >= 0.3 is 0 Å². The second kappa shape index (κ2) is 10.5. The molecule has 0 spiro atoms. The summed E-state index contributed by atoms with van der Waals surface area (Å²) in [6.45, 7) is 1.86. The van der Waals surface area contributed by atoms with Gasteiger partial charge in [-0.25, -0.2) is 15.0 Å². The topological polar surface area (TPSA) is 175 Å². The van der Waals surface area contributed by atoms with Crippen molar-refractivity contribution in [2.75, 3.05) is 24.6 Å². The Morgan fingerprint density at radius 3 is 2.69 bits per heavy atom. The molecule has 2 aromatic heterocycles. The lowest BCUT2D eigenvalue weighted by molar-refractivity contribution is -0.369. The number of nitrogens with zero attached hydrogens (tertiary/aromatic N) is 4. The van der Waals surface area contributed by atoms with Crippen LogP contribution in [0, 0.1) is 0 Å². The fourth-order valence-corrected chi connectivity index (χ4v) is 5.05. The molecule has 29 heavy (non-hydrogen) atoms. The molecule has 0 aliphatic carbocycles. The largest absolute Gasteiger partial charge is 0.387 e. The molecule has 1 fully saturated rings. The normalized spacial score (nSPS) is 25.7. The van der Waals surface area contributed by atoms with Crippen LogP contribution >= 0.6 is 11.8 Å². The van der Waals surface area contributed by atoms with Gasteiger partial charge in [0.2, 0.25) is 0 Å². The van der Waals surface area contributed by atoms with E-state index in [1.165, 1.54) is 25.5 Å². The van der Waals surface area contributed by atoms with Gasteiger partial charge in [-0.1, -0.05) is 6.42 Å². The van der Waals surface area contributed by atoms with Crippen LogP contribution in [0.1, 0.15) is 38.3 Å². The lowest BCUT2D eigenvalue weighted by atomic mass is 10.1. The third-order valence-corrected chi connectivity index (χ3v) is 6.76. The van der Waals surface area contributed by atoms with Crippen LogP contribution < -0.4 is 17.2 Å². The highest BCUT2D eigenvalue weighted by Crippen LogP contribution is 2.34. The molecule has 162 valence electrons. The minimum absolute atomic E-state index is 0.267. The van der Waals surface area contributed by atoms with Crippen molar-refractivity contribution in [2.24, 2.45) is 0 Å². The average molecular weight is 428 g/mol. The molecule has 0 bridgehead atoms. The fourth-order valence-electron chi connectivity index (χ4n) is 3.65. The third-order valence-electron chi connectivity index (χ3n) is 5.30. The van der Waals surface area contributed by atoms with Crippen molar-refractivity contribution >= 4 is 28.7 Å². The molecule has 0 saturated carbocycles. The van der Waals surface area contributed by atoms with E-state index in [9.17, 15) is 10.2 Å². The molecule has 1 aliphatic rings. The first kappa shape index (κ1) is 22.2. The highest BCUT2D eigenvalue weighted by Gasteiger charge is 2.44. The maximum Gasteiger partial charge on any atom is 0.167 e. The Hall–Kier alpha value is -1.50. The molecule has 3 rings (SSSR count). The van der Waals surface area contributed by atoms with E-state index in [-0.39, 0.29) is 5.82 Å². The molecule has 5 atom stereocenters. The van der Waals surface area contributed by atoms with Crippen LogP contribution in [-0.2, 0) is 4.74 Å². The lowest BCUT2D eigenvalue weighted by Crippen LogP contribution is -2.51. The summed E-state index contributed by atoms with van der Waals surface area (Å²) in [6, 6.07) is 0. The lowest BCUT2D eigenvalue weighted by Gasteiger charge is -2.19. The summed E-state index contributed by atoms with van der Waals surface area (Å²) in [5.74, 6) is 0.877. The number of nitrogens with two attached hydrogens (primary N) is 1. The number of imidazole rings is 1. The number of aliphatic hydroxyl groups is 2. The number of fused-ring (bicyclic) bond motifs is 1. The summed E-state index contributed by atoms with van der Waals surface area (Å²) in [5.41, 5.74) is 14.6. The van der Waals surface area contributed by atoms with Gasteiger partial charge in [0.1, 0.15) is 24.1 Å². The van der Waals surface area contributed by atoms with Gasteiger partial charge in [-0.3, -0.25) is 4.57 Å². The van der Waals surface area contributed by atoms with E-state index in [1.54, 1.807) is 16.3 Å². The van der Waals surface area contributed by atoms with Crippen molar-refractivity contribution in [3.8, 4) is 0 Å². The van der Waals surface area contributed by atoms with Crippen LogP contribution in [-0.4, -0.2) is 72.1 Å². The van der Waals surface area contributed by atoms with E-state index in [1.807, 2.05) is 0 Å². The number of quaternary nitrogens is 2. The van der Waals surface area contributed by atoms with E-state index in [2.05, 4.69) is 26.4 Å². The predicted octanol–water partition coefficient (Wildman–Crippen LogP) is -1.44. The number of thioether (sulfide) groups is 1. The second-order valence-electron chi connectivity index (χ2n) is 7.43. The van der Waals surface area contributed by atoms with Gasteiger partial charge in [0.05, 0.1) is 25.5 Å². The number of aromatic nitrogens is 4. The summed E-state index contributed by atoms with van der Waals surface area (Å²) < 4.78 is 7.64. The SMILES string of the molecule is Nc1ncnc2c1ncn2[C@@H]1O[C@H](CSC(CC[NH3+])CCCCC[NH3+])[C@@H](O)[C@H]1O. The molecule has 0 amide bonds. The van der Waals surface area contributed by atoms with Gasteiger partial charge < -0.3 is 32.2 Å². The van der Waals surface area contributed by atoms with Gasteiger partial charge in [0.15, 0.2) is 17.7 Å². The number of ether oxygens (including phenoxy) is 1. The maximum atomic E-state index is 10.6. The van der Waals surface area contributed by atoms with Gasteiger partial charge in [-0.05, 0) is 19.3 Å². The highest BCUT2D eigenvalue weighted by atomic mass is 32.2. The van der Waals surface area contributed by atoms with Crippen molar-refractivity contribution in [1.29, 1.82) is 0 Å². The Morgan fingerprint density at radius 2 is 1.93 bits per heavy atom. The predicted molar refractivity (Wildman–Crippen MR) is 111 cm³/mol. The number of anilines is 1. The first-order chi connectivity index (χ1) is 14.1. The summed E-state index contributed by atoms with van der Waals surface area (Å²) in [5, 5.41) is 21.6. The smallest absolute Gasteiger partial charge is 0.167 e. The van der Waals surface area contributed by atoms with E-state index in [4.69, 9.17) is 10.5 Å². The van der Waals surface area contributed by atoms with E-state index >= 15 is 0 Å². The van der Waals surface area contributed by atoms with Crippen LogP contribution in [0.4, 0.5) is 5.82 Å². The first-order valence-corrected chi connectivity index (χ1v) is 11.3. The van der Waals surface area contributed by atoms with Crippen molar-refractivity contribution < 1.29 is 26.4 Å². The van der Waals surface area contributed by atoms with E-state index < -0.39 is 24.5 Å². The molecule has 3 heterocycles. The summed E-state index contributed by atoms with van der Waals surface area (Å²) >= 11 is 1.79. The zero-order valence-corrected chi connectivity index (χ0v) is 17.5. The maximum absolute atomic E-state index is 10.6. The van der Waals surface area contributed by atoms with Crippen molar-refractivity contribution in [3.05, 3.63) is 12.7 Å². The van der Waals surface area contributed by atoms with Gasteiger partial charge in [0.25, 0.3) is 0 Å². The van der Waals surface area contributed by atoms with Crippen LogP contribution in [0.2, 0.25) is 0 Å². The Kier molecular flexibility index (Phi) is 8.04. The minimum atomic E-state index is -1.07. The van der Waals surface area contributed by atoms with Gasteiger partial charge in [-0.15, -0.1) is 0 Å². The molecule has 2 aromatic rings. The Bertz CT molecular complexity index is 777. The van der Waals surface area contributed by atoms with E-state index in [0.29, 0.717) is 22.2 Å². The zero-order chi connectivity index (χ0) is 20.8. The van der Waals surface area contributed by atoms with E-state index in [0.717, 1.165) is 32.4 Å². The molecule has 1 aliphatic heterocycles. The molecular formula is C18H33N7O3S+2. The van der Waals surface area contributed by atoms with Gasteiger partial charge in [0, 0.05) is 17.4 Å². The minimum Gasteiger partial charge on any atom is -0.387 e. The molecule has 1 unspecified atom stereocenters. The monoisotopic (exact) mass is 427 g/mol. The summed E-state index contributed by atoms with van der Waals surface area (Å²) in [7, 11) is 0. The zero-order valence-electron chi connectivity index (χ0n) is 16.7. The number of rotatable bonds is 11. The molecule has 0 radical (unpaired) electrons. The number of unbranched alkanes of at least 4 members (excludes halogenated alkanes) is 2. The van der Waals surface area contributed by atoms with Crippen LogP contribution in [0.3, 0.4) is 0 Å². The fraction of sp³-hybridized carbons (Fsp3) is 0.722. The van der Waals surface area contributed by atoms with Crippen molar-refractivity contribution in [3.63, 3.8) is 0 Å². The van der Waals surface area contributed by atoms with Crippen molar-refractivity contribution in [1.82, 2.24) is 19.5 Å². The second-order valence-corrected chi connectivity index (χ2v) is 8.76. The number of nitrogen functional groups attached to an aromatic ring is 1. The molecule has 10 nitrogen and oxygen atoms in total. The molecule has 0 aromatic carbocycles. The number of aliphatic hydroxyl groups excluding tert-OH is 2. The highest BCUT2D eigenvalue weighted by molar-refractivity contribution is 7.99. The first-order valence-electron chi connectivity index (χ1n) is 10.2. The molecule has 11 heteroatoms. The number of hydrogen-bond donors (Lipinski definition) is 5. The Balaban J connectivity index is 1.62. The standard InChI is InChI=1S/C18H31N7O3S/c19-6-3-1-2-4-11(5-7-20)29-8-12-14(26)15(27)18(28-12)25-10-24-13-16(21)22-9-23-17(13)25/h9-12,14-15,18,26-27H,1-8,19-20H2,(H2,21,22,23)/p+2/t11?,12-,14-,15-,18-/m1/s1. The van der Waals surface area contributed by atoms with Crippen LogP contribution in [0.25, 0.3) is 11.2 Å². The number of hydrogen-bond acceptors (Lipinski definition) is 8. The summed E-state index contributed by atoms with van der Waals surface area (Å²) in [4.78, 5) is 12.3. The van der Waals surface area contributed by atoms with Crippen LogP contribution in [0.15, 0.2) is 12.7 Å². The van der Waals surface area contributed by atoms with Crippen LogP contribution in [0.5, 0.6) is 0 Å². The summed E-state index contributed by atoms with van der Waals surface area (Å²) in [6.07, 6.45) is 5.26. The molecular weight excluding hydrogens is 394 g/mol. The van der Waals surface area contributed by atoms with Crippen molar-refractivity contribution in [2.45, 2.75) is 61.9 Å². The average Bonchev–Trinajstić information content (AvgIpc) is 3.26. The molecule has 10 N–H and O–H groups in total. The quantitative estimate of drug-likeness (QED) is 0.271.